The number of pyridine rings is 1. The number of fused-ring (bicyclic) bond motifs is 1. The van der Waals surface area contributed by atoms with Gasteiger partial charge in [0.2, 0.25) is 0 Å². The number of oxime groups is 1. The molecule has 4 rings (SSSR count). The number of nitrogens with zero attached hydrogens (tertiary/aromatic N) is 2. The van der Waals surface area contributed by atoms with Crippen molar-refractivity contribution in [2.75, 3.05) is 18.1 Å². The quantitative estimate of drug-likeness (QED) is 0.186. The highest BCUT2D eigenvalue weighted by molar-refractivity contribution is 8.00. The predicted octanol–water partition coefficient (Wildman–Crippen LogP) is 5.62. The molecular weight excluding hydrogens is 476 g/mol. The van der Waals surface area contributed by atoms with Crippen molar-refractivity contribution in [3.8, 4) is 5.75 Å². The Morgan fingerprint density at radius 2 is 1.83 bits per heavy atom. The van der Waals surface area contributed by atoms with E-state index in [2.05, 4.69) is 10.1 Å². The van der Waals surface area contributed by atoms with Crippen LogP contribution in [0.1, 0.15) is 49.5 Å². The molecule has 0 amide bonds. The Morgan fingerprint density at radius 3 is 2.58 bits per heavy atom. The summed E-state index contributed by atoms with van der Waals surface area (Å²) in [7, 11) is 0. The van der Waals surface area contributed by atoms with Crippen LogP contribution >= 0.6 is 11.8 Å². The van der Waals surface area contributed by atoms with Gasteiger partial charge in [0.1, 0.15) is 12.4 Å². The molecule has 2 aromatic carbocycles. The molecule has 0 bridgehead atoms. The van der Waals surface area contributed by atoms with E-state index in [0.717, 1.165) is 53.6 Å². The molecule has 8 heteroatoms. The number of para-hydroxylation sites is 1. The summed E-state index contributed by atoms with van der Waals surface area (Å²) in [6, 6.07) is 19.8. The molecule has 1 heterocycles. The Bertz CT molecular complexity index is 1160. The molecule has 1 aliphatic rings. The summed E-state index contributed by atoms with van der Waals surface area (Å²) in [5.41, 5.74) is 2.71. The molecule has 1 aliphatic carbocycles. The first-order valence-corrected chi connectivity index (χ1v) is 13.5. The molecule has 1 saturated carbocycles. The topological polar surface area (TPSA) is 101 Å². The van der Waals surface area contributed by atoms with E-state index >= 15 is 0 Å². The average molecular weight is 509 g/mol. The number of hydrogen-bond donors (Lipinski definition) is 2. The van der Waals surface area contributed by atoms with Crippen LogP contribution in [0, 0.1) is 5.92 Å². The molecule has 7 nitrogen and oxygen atoms in total. The zero-order chi connectivity index (χ0) is 25.2. The standard InChI is InChI=1S/C28H32N2O5S/c31-16-17-36-19-26(28(32)33)30-35-27(21-7-2-1-3-8-21)22-11-14-24(15-12-22)34-18-23-13-10-20-6-4-5-9-25(20)29-23/h4-6,9-15,21,27,31H,1-3,7-8,16-19H2,(H,32,33)/b30-26+. The SMILES string of the molecule is O=C(O)/C(CSCCO)=N/OC(c1ccc(OCc2ccc3ccccc3n2)cc1)C1CCCCC1. The fraction of sp³-hybridized carbons (Fsp3) is 0.393. The lowest BCUT2D eigenvalue weighted by atomic mass is 9.83. The lowest BCUT2D eigenvalue weighted by Gasteiger charge is -2.29. The van der Waals surface area contributed by atoms with E-state index in [4.69, 9.17) is 14.7 Å². The summed E-state index contributed by atoms with van der Waals surface area (Å²) in [6.07, 6.45) is 5.19. The van der Waals surface area contributed by atoms with Crippen LogP contribution in [0.15, 0.2) is 65.8 Å². The van der Waals surface area contributed by atoms with Gasteiger partial charge in [0, 0.05) is 22.8 Å². The largest absolute Gasteiger partial charge is 0.487 e. The maximum absolute atomic E-state index is 11.6. The number of benzene rings is 2. The Morgan fingerprint density at radius 1 is 1.06 bits per heavy atom. The lowest BCUT2D eigenvalue weighted by molar-refractivity contribution is -0.129. The van der Waals surface area contributed by atoms with Crippen molar-refractivity contribution in [2.24, 2.45) is 11.1 Å². The highest BCUT2D eigenvalue weighted by Gasteiger charge is 2.28. The Kier molecular flexibility index (Phi) is 9.58. The maximum Gasteiger partial charge on any atom is 0.354 e. The van der Waals surface area contributed by atoms with Crippen LogP contribution in [0.5, 0.6) is 5.75 Å². The third-order valence-electron chi connectivity index (χ3n) is 6.33. The van der Waals surface area contributed by atoms with Crippen molar-refractivity contribution in [1.82, 2.24) is 4.98 Å². The molecule has 36 heavy (non-hydrogen) atoms. The van der Waals surface area contributed by atoms with Crippen LogP contribution < -0.4 is 4.74 Å². The summed E-state index contributed by atoms with van der Waals surface area (Å²) < 4.78 is 5.97. The fourth-order valence-electron chi connectivity index (χ4n) is 4.44. The first kappa shape index (κ1) is 26.0. The van der Waals surface area contributed by atoms with E-state index in [0.29, 0.717) is 12.4 Å². The molecule has 1 fully saturated rings. The smallest absolute Gasteiger partial charge is 0.354 e. The number of rotatable bonds is 12. The van der Waals surface area contributed by atoms with Crippen LogP contribution in [-0.2, 0) is 16.2 Å². The summed E-state index contributed by atoms with van der Waals surface area (Å²) in [5.74, 6) is 0.536. The Hall–Kier alpha value is -3.10. The van der Waals surface area contributed by atoms with Crippen LogP contribution in [0.25, 0.3) is 10.9 Å². The fourth-order valence-corrected chi connectivity index (χ4v) is 5.08. The molecule has 0 saturated heterocycles. The molecule has 0 radical (unpaired) electrons. The summed E-state index contributed by atoms with van der Waals surface area (Å²) in [6.45, 7) is 0.360. The van der Waals surface area contributed by atoms with Gasteiger partial charge in [-0.3, -0.25) is 0 Å². The second-order valence-electron chi connectivity index (χ2n) is 8.90. The van der Waals surface area contributed by atoms with Gasteiger partial charge < -0.3 is 19.8 Å². The van der Waals surface area contributed by atoms with Crippen molar-refractivity contribution in [3.63, 3.8) is 0 Å². The number of hydrogen-bond acceptors (Lipinski definition) is 7. The van der Waals surface area contributed by atoms with Gasteiger partial charge in [-0.1, -0.05) is 60.8 Å². The normalized spacial score (nSPS) is 15.5. The average Bonchev–Trinajstić information content (AvgIpc) is 2.92. The number of carboxylic acids is 1. The molecule has 3 aromatic rings. The van der Waals surface area contributed by atoms with Gasteiger partial charge in [-0.15, -0.1) is 0 Å². The molecular formula is C28H32N2O5S. The second kappa shape index (κ2) is 13.3. The van der Waals surface area contributed by atoms with E-state index in [1.54, 1.807) is 0 Å². The van der Waals surface area contributed by atoms with Gasteiger partial charge in [-0.25, -0.2) is 9.78 Å². The number of ether oxygens (including phenoxy) is 1. The summed E-state index contributed by atoms with van der Waals surface area (Å²) in [5, 5.41) is 23.6. The number of aliphatic hydroxyl groups excluding tert-OH is 1. The zero-order valence-corrected chi connectivity index (χ0v) is 21.0. The van der Waals surface area contributed by atoms with Crippen molar-refractivity contribution in [2.45, 2.75) is 44.8 Å². The van der Waals surface area contributed by atoms with Gasteiger partial charge >= 0.3 is 5.97 Å². The molecule has 0 spiro atoms. The van der Waals surface area contributed by atoms with E-state index in [1.807, 2.05) is 60.7 Å². The van der Waals surface area contributed by atoms with Gasteiger partial charge in [-0.2, -0.15) is 11.8 Å². The Labute approximate surface area is 215 Å². The van der Waals surface area contributed by atoms with Gasteiger partial charge in [0.15, 0.2) is 11.8 Å². The minimum absolute atomic E-state index is 0.00549. The molecule has 1 unspecified atom stereocenters. The minimum atomic E-state index is -1.10. The molecule has 190 valence electrons. The van der Waals surface area contributed by atoms with Crippen LogP contribution in [0.3, 0.4) is 0 Å². The van der Waals surface area contributed by atoms with Crippen LogP contribution in [0.2, 0.25) is 0 Å². The zero-order valence-electron chi connectivity index (χ0n) is 20.2. The number of carboxylic acid groups (broad SMARTS) is 1. The third kappa shape index (κ3) is 7.21. The van der Waals surface area contributed by atoms with E-state index in [9.17, 15) is 9.90 Å². The van der Waals surface area contributed by atoms with Crippen LogP contribution in [0.4, 0.5) is 0 Å². The highest BCUT2D eigenvalue weighted by atomic mass is 32.2. The second-order valence-corrected chi connectivity index (χ2v) is 10.0. The number of aromatic nitrogens is 1. The number of carbonyl (C=O) groups is 1. The lowest BCUT2D eigenvalue weighted by Crippen LogP contribution is -2.21. The monoisotopic (exact) mass is 508 g/mol. The number of thioether (sulfide) groups is 1. The summed E-state index contributed by atoms with van der Waals surface area (Å²) >= 11 is 1.32. The summed E-state index contributed by atoms with van der Waals surface area (Å²) in [4.78, 5) is 22.2. The van der Waals surface area contributed by atoms with E-state index < -0.39 is 5.97 Å². The first-order valence-electron chi connectivity index (χ1n) is 12.4. The number of aliphatic carboxylic acids is 1. The molecule has 1 aromatic heterocycles. The Balaban J connectivity index is 1.44. The van der Waals surface area contributed by atoms with Gasteiger partial charge in [0.05, 0.1) is 17.8 Å². The van der Waals surface area contributed by atoms with Crippen molar-refractivity contribution >= 4 is 34.3 Å². The maximum atomic E-state index is 11.6. The third-order valence-corrected chi connectivity index (χ3v) is 7.28. The van der Waals surface area contributed by atoms with E-state index in [-0.39, 0.29) is 30.1 Å². The van der Waals surface area contributed by atoms with Crippen molar-refractivity contribution in [3.05, 3.63) is 71.9 Å². The highest BCUT2D eigenvalue weighted by Crippen LogP contribution is 2.37. The molecule has 0 aliphatic heterocycles. The molecule has 2 N–H and O–H groups in total. The first-order chi connectivity index (χ1) is 17.6. The predicted molar refractivity (Wildman–Crippen MR) is 142 cm³/mol. The van der Waals surface area contributed by atoms with Crippen molar-refractivity contribution < 1.29 is 24.6 Å². The van der Waals surface area contributed by atoms with Gasteiger partial charge in [0.25, 0.3) is 0 Å². The van der Waals surface area contributed by atoms with Crippen LogP contribution in [-0.4, -0.2) is 45.0 Å². The number of aliphatic hydroxyl groups is 1. The van der Waals surface area contributed by atoms with E-state index in [1.165, 1.54) is 18.2 Å². The van der Waals surface area contributed by atoms with Gasteiger partial charge in [-0.05, 0) is 42.7 Å². The minimum Gasteiger partial charge on any atom is -0.487 e. The molecule has 1 atom stereocenters. The van der Waals surface area contributed by atoms with Crippen molar-refractivity contribution in [1.29, 1.82) is 0 Å².